The molecule has 1 aliphatic carbocycles. The van der Waals surface area contributed by atoms with Crippen LogP contribution in [0.25, 0.3) is 5.78 Å². The number of nitrogens with one attached hydrogen (secondary N) is 1. The molecule has 0 saturated heterocycles. The lowest BCUT2D eigenvalue weighted by Gasteiger charge is -2.29. The molecule has 6 nitrogen and oxygen atoms in total. The normalized spacial score (nSPS) is 21.5. The number of amides is 1. The summed E-state index contributed by atoms with van der Waals surface area (Å²) in [4.78, 5) is 20.9. The van der Waals surface area contributed by atoms with E-state index in [1.165, 1.54) is 25.6 Å². The molecule has 0 aromatic carbocycles. The van der Waals surface area contributed by atoms with Crippen molar-refractivity contribution in [2.45, 2.75) is 65.3 Å². The molecule has 0 radical (unpaired) electrons. The van der Waals surface area contributed by atoms with E-state index < -0.39 is 0 Å². The maximum atomic E-state index is 12.3. The molecule has 2 aromatic rings. The Bertz CT molecular complexity index is 708. The van der Waals surface area contributed by atoms with E-state index in [0.29, 0.717) is 30.6 Å². The van der Waals surface area contributed by atoms with Crippen molar-refractivity contribution in [3.8, 4) is 0 Å². The monoisotopic (exact) mass is 315 g/mol. The summed E-state index contributed by atoms with van der Waals surface area (Å²) in [6.45, 7) is 6.21. The predicted octanol–water partition coefficient (Wildman–Crippen LogP) is 2.37. The molecule has 0 bridgehead atoms. The van der Waals surface area contributed by atoms with Crippen LogP contribution in [0.5, 0.6) is 0 Å². The second kappa shape index (κ2) is 6.64. The zero-order valence-corrected chi connectivity index (χ0v) is 14.2. The molecule has 1 aliphatic rings. The Labute approximate surface area is 136 Å². The Morgan fingerprint density at radius 3 is 2.91 bits per heavy atom. The van der Waals surface area contributed by atoms with Gasteiger partial charge >= 0.3 is 0 Å². The maximum absolute atomic E-state index is 12.3. The lowest BCUT2D eigenvalue weighted by atomic mass is 9.86. The highest BCUT2D eigenvalue weighted by molar-refractivity contribution is 5.76. The van der Waals surface area contributed by atoms with Gasteiger partial charge < -0.3 is 5.32 Å². The summed E-state index contributed by atoms with van der Waals surface area (Å²) in [5.74, 6) is 1.34. The van der Waals surface area contributed by atoms with Crippen molar-refractivity contribution in [1.29, 1.82) is 0 Å². The zero-order chi connectivity index (χ0) is 16.4. The van der Waals surface area contributed by atoms with Crippen molar-refractivity contribution in [2.75, 3.05) is 0 Å². The lowest BCUT2D eigenvalue weighted by molar-refractivity contribution is -0.122. The molecule has 124 valence electrons. The van der Waals surface area contributed by atoms with Crippen molar-refractivity contribution < 1.29 is 4.79 Å². The summed E-state index contributed by atoms with van der Waals surface area (Å²) in [5, 5.41) is 7.41. The second-order valence-corrected chi connectivity index (χ2v) is 6.67. The Morgan fingerprint density at radius 1 is 1.35 bits per heavy atom. The summed E-state index contributed by atoms with van der Waals surface area (Å²) < 4.78 is 1.74. The molecule has 6 heteroatoms. The van der Waals surface area contributed by atoms with Gasteiger partial charge in [0.05, 0.1) is 0 Å². The summed E-state index contributed by atoms with van der Waals surface area (Å²) >= 11 is 0. The van der Waals surface area contributed by atoms with Gasteiger partial charge in [0.25, 0.3) is 5.78 Å². The third-order valence-corrected chi connectivity index (χ3v) is 5.05. The highest BCUT2D eigenvalue weighted by Gasteiger charge is 2.22. The molecule has 0 aliphatic heterocycles. The maximum Gasteiger partial charge on any atom is 0.252 e. The van der Waals surface area contributed by atoms with E-state index in [-0.39, 0.29) is 5.91 Å². The first-order valence-corrected chi connectivity index (χ1v) is 8.51. The standard InChI is InChI=1S/C17H25N5O/c1-11-6-4-5-7-15(11)21-16(23)9-8-14-12(2)20-17-18-10-19-22(17)13(14)3/h10-11,15H,4-9H2,1-3H3,(H,21,23)/t11-,15+/m0/s1. The van der Waals surface area contributed by atoms with E-state index in [2.05, 4.69) is 27.3 Å². The molecule has 1 fully saturated rings. The molecule has 2 heterocycles. The van der Waals surface area contributed by atoms with Crippen LogP contribution < -0.4 is 5.32 Å². The van der Waals surface area contributed by atoms with E-state index in [0.717, 1.165) is 23.4 Å². The number of aryl methyl sites for hydroxylation is 2. The first-order chi connectivity index (χ1) is 11.1. The van der Waals surface area contributed by atoms with Crippen molar-refractivity contribution in [3.63, 3.8) is 0 Å². The Hall–Kier alpha value is -1.98. The van der Waals surface area contributed by atoms with Gasteiger partial charge in [0.15, 0.2) is 0 Å². The Balaban J connectivity index is 1.64. The molecule has 1 saturated carbocycles. The van der Waals surface area contributed by atoms with E-state index in [1.807, 2.05) is 13.8 Å². The van der Waals surface area contributed by atoms with Crippen LogP contribution in [0.1, 0.15) is 56.0 Å². The average molecular weight is 315 g/mol. The average Bonchev–Trinajstić information content (AvgIpc) is 2.98. The SMILES string of the molecule is Cc1nc2ncnn2c(C)c1CCC(=O)N[C@@H]1CCCC[C@@H]1C. The van der Waals surface area contributed by atoms with Crippen molar-refractivity contribution in [2.24, 2.45) is 5.92 Å². The molecule has 1 N–H and O–H groups in total. The number of rotatable bonds is 4. The predicted molar refractivity (Wildman–Crippen MR) is 88.1 cm³/mol. The highest BCUT2D eigenvalue weighted by Crippen LogP contribution is 2.24. The minimum atomic E-state index is 0.140. The summed E-state index contributed by atoms with van der Waals surface area (Å²) in [5.41, 5.74) is 3.04. The van der Waals surface area contributed by atoms with Gasteiger partial charge in [0.2, 0.25) is 5.91 Å². The third-order valence-electron chi connectivity index (χ3n) is 5.05. The Kier molecular flexibility index (Phi) is 4.59. The van der Waals surface area contributed by atoms with Gasteiger partial charge in [-0.3, -0.25) is 4.79 Å². The molecule has 1 amide bonds. The lowest BCUT2D eigenvalue weighted by Crippen LogP contribution is -2.41. The number of hydrogen-bond acceptors (Lipinski definition) is 4. The summed E-state index contributed by atoms with van der Waals surface area (Å²) in [6, 6.07) is 0.342. The fourth-order valence-corrected chi connectivity index (χ4v) is 3.57. The van der Waals surface area contributed by atoms with Crippen LogP contribution in [-0.2, 0) is 11.2 Å². The molecular weight excluding hydrogens is 290 g/mol. The van der Waals surface area contributed by atoms with Crippen LogP contribution in [-0.4, -0.2) is 31.5 Å². The van der Waals surface area contributed by atoms with E-state index in [9.17, 15) is 4.79 Å². The zero-order valence-electron chi connectivity index (χ0n) is 14.2. The van der Waals surface area contributed by atoms with Gasteiger partial charge in [-0.1, -0.05) is 19.8 Å². The number of nitrogens with zero attached hydrogens (tertiary/aromatic N) is 4. The van der Waals surface area contributed by atoms with Crippen molar-refractivity contribution in [1.82, 2.24) is 24.9 Å². The molecule has 2 atom stereocenters. The second-order valence-electron chi connectivity index (χ2n) is 6.67. The van der Waals surface area contributed by atoms with E-state index in [1.54, 1.807) is 4.52 Å². The van der Waals surface area contributed by atoms with Crippen LogP contribution in [0.2, 0.25) is 0 Å². The minimum absolute atomic E-state index is 0.140. The molecule has 23 heavy (non-hydrogen) atoms. The van der Waals surface area contributed by atoms with Gasteiger partial charge in [-0.05, 0) is 44.6 Å². The van der Waals surface area contributed by atoms with Gasteiger partial charge in [-0.15, -0.1) is 0 Å². The van der Waals surface area contributed by atoms with E-state index in [4.69, 9.17) is 0 Å². The molecule has 0 spiro atoms. The largest absolute Gasteiger partial charge is 0.353 e. The summed E-state index contributed by atoms with van der Waals surface area (Å²) in [7, 11) is 0. The van der Waals surface area contributed by atoms with Gasteiger partial charge in [-0.25, -0.2) is 9.50 Å². The topological polar surface area (TPSA) is 72.2 Å². The van der Waals surface area contributed by atoms with Crippen molar-refractivity contribution >= 4 is 11.7 Å². The fraction of sp³-hybridized carbons (Fsp3) is 0.647. The number of carbonyl (C=O) groups excluding carboxylic acids is 1. The quantitative estimate of drug-likeness (QED) is 0.940. The van der Waals surface area contributed by atoms with Gasteiger partial charge in [0, 0.05) is 23.9 Å². The molecule has 3 rings (SSSR count). The number of aromatic nitrogens is 4. The molecular formula is C17H25N5O. The first-order valence-electron chi connectivity index (χ1n) is 8.51. The van der Waals surface area contributed by atoms with Crippen LogP contribution in [0.3, 0.4) is 0 Å². The molecule has 0 unspecified atom stereocenters. The van der Waals surface area contributed by atoms with Crippen LogP contribution >= 0.6 is 0 Å². The Morgan fingerprint density at radius 2 is 2.13 bits per heavy atom. The molecule has 2 aromatic heterocycles. The van der Waals surface area contributed by atoms with Gasteiger partial charge in [0.1, 0.15) is 6.33 Å². The first kappa shape index (κ1) is 15.9. The minimum Gasteiger partial charge on any atom is -0.353 e. The van der Waals surface area contributed by atoms with Crippen LogP contribution in [0.15, 0.2) is 6.33 Å². The third kappa shape index (κ3) is 3.35. The van der Waals surface area contributed by atoms with Crippen molar-refractivity contribution in [3.05, 3.63) is 23.3 Å². The number of carbonyl (C=O) groups is 1. The van der Waals surface area contributed by atoms with E-state index >= 15 is 0 Å². The van der Waals surface area contributed by atoms with Crippen LogP contribution in [0, 0.1) is 19.8 Å². The number of fused-ring (bicyclic) bond motifs is 1. The fourth-order valence-electron chi connectivity index (χ4n) is 3.57. The van der Waals surface area contributed by atoms with Crippen LogP contribution in [0.4, 0.5) is 0 Å². The highest BCUT2D eigenvalue weighted by atomic mass is 16.1. The smallest absolute Gasteiger partial charge is 0.252 e. The van der Waals surface area contributed by atoms with Gasteiger partial charge in [-0.2, -0.15) is 10.1 Å². The summed E-state index contributed by atoms with van der Waals surface area (Å²) in [6.07, 6.45) is 7.53. The number of hydrogen-bond donors (Lipinski definition) is 1.